The van der Waals surface area contributed by atoms with Crippen LogP contribution in [0, 0.1) is 5.82 Å². The lowest BCUT2D eigenvalue weighted by atomic mass is 10.3. The highest BCUT2D eigenvalue weighted by molar-refractivity contribution is 5.80. The van der Waals surface area contributed by atoms with Crippen molar-refractivity contribution in [2.45, 2.75) is 19.6 Å². The average Bonchev–Trinajstić information content (AvgIpc) is 2.47. The molecular weight excluding hydrogens is 271 g/mol. The molecule has 2 rings (SSSR count). The monoisotopic (exact) mass is 288 g/mol. The fourth-order valence-corrected chi connectivity index (χ4v) is 1.92. The first-order valence-electron chi connectivity index (χ1n) is 6.63. The molecule has 1 heterocycles. The van der Waals surface area contributed by atoms with E-state index in [4.69, 9.17) is 4.74 Å². The Labute approximate surface area is 123 Å². The molecular formula is C16H17FN2O2. The van der Waals surface area contributed by atoms with Gasteiger partial charge in [-0.3, -0.25) is 9.78 Å². The first kappa shape index (κ1) is 15.0. The number of ether oxygens (including phenoxy) is 1. The fourth-order valence-electron chi connectivity index (χ4n) is 1.92. The van der Waals surface area contributed by atoms with Crippen LogP contribution in [0.2, 0.25) is 0 Å². The minimum absolute atomic E-state index is 0.190. The Hall–Kier alpha value is -2.43. The van der Waals surface area contributed by atoms with Crippen molar-refractivity contribution < 1.29 is 13.9 Å². The summed E-state index contributed by atoms with van der Waals surface area (Å²) in [6.45, 7) is 2.04. The zero-order valence-corrected chi connectivity index (χ0v) is 12.0. The van der Waals surface area contributed by atoms with Crippen LogP contribution in [-0.2, 0) is 11.3 Å². The van der Waals surface area contributed by atoms with Crippen LogP contribution in [0.5, 0.6) is 5.75 Å². The maximum atomic E-state index is 13.1. The van der Waals surface area contributed by atoms with Gasteiger partial charge in [0, 0.05) is 19.3 Å². The van der Waals surface area contributed by atoms with Crippen molar-refractivity contribution in [1.29, 1.82) is 0 Å². The lowest BCUT2D eigenvalue weighted by Gasteiger charge is -2.21. The van der Waals surface area contributed by atoms with Crippen LogP contribution in [-0.4, -0.2) is 28.9 Å². The number of hydrogen-bond donors (Lipinski definition) is 0. The number of carbonyl (C=O) groups is 1. The van der Waals surface area contributed by atoms with Crippen LogP contribution >= 0.6 is 0 Å². The van der Waals surface area contributed by atoms with Gasteiger partial charge in [-0.05, 0) is 31.2 Å². The van der Waals surface area contributed by atoms with Gasteiger partial charge in [-0.2, -0.15) is 0 Å². The van der Waals surface area contributed by atoms with E-state index in [0.717, 1.165) is 5.69 Å². The minimum atomic E-state index is -0.694. The third-order valence-electron chi connectivity index (χ3n) is 2.96. The van der Waals surface area contributed by atoms with E-state index < -0.39 is 11.9 Å². The van der Waals surface area contributed by atoms with Crippen molar-refractivity contribution >= 4 is 5.91 Å². The zero-order chi connectivity index (χ0) is 15.2. The third kappa shape index (κ3) is 4.27. The number of amides is 1. The number of nitrogens with zero attached hydrogens (tertiary/aromatic N) is 2. The van der Waals surface area contributed by atoms with E-state index >= 15 is 0 Å². The van der Waals surface area contributed by atoms with Gasteiger partial charge in [-0.25, -0.2) is 4.39 Å². The second kappa shape index (κ2) is 6.83. The molecule has 1 atom stereocenters. The number of carbonyl (C=O) groups excluding carboxylic acids is 1. The summed E-state index contributed by atoms with van der Waals surface area (Å²) in [6.07, 6.45) is 0.987. The quantitative estimate of drug-likeness (QED) is 0.849. The van der Waals surface area contributed by atoms with Gasteiger partial charge in [-0.15, -0.1) is 0 Å². The first-order chi connectivity index (χ1) is 10.1. The molecule has 0 saturated heterocycles. The van der Waals surface area contributed by atoms with Gasteiger partial charge in [-0.1, -0.05) is 12.1 Å². The largest absolute Gasteiger partial charge is 0.481 e. The van der Waals surface area contributed by atoms with E-state index in [1.165, 1.54) is 17.0 Å². The number of aromatic nitrogens is 1. The van der Waals surface area contributed by atoms with E-state index in [-0.39, 0.29) is 5.91 Å². The van der Waals surface area contributed by atoms with Crippen LogP contribution < -0.4 is 4.74 Å². The normalized spacial score (nSPS) is 11.8. The molecule has 0 fully saturated rings. The molecule has 1 aromatic carbocycles. The summed E-state index contributed by atoms with van der Waals surface area (Å²) in [5.74, 6) is -0.249. The molecule has 0 spiro atoms. The highest BCUT2D eigenvalue weighted by Crippen LogP contribution is 2.14. The molecule has 1 aromatic heterocycles. The van der Waals surface area contributed by atoms with Crippen LogP contribution in [0.1, 0.15) is 12.6 Å². The average molecular weight is 288 g/mol. The SMILES string of the molecule is CC(Oc1cccc(F)c1)C(=O)N(C)Cc1ccccn1. The van der Waals surface area contributed by atoms with Gasteiger partial charge >= 0.3 is 0 Å². The minimum Gasteiger partial charge on any atom is -0.481 e. The zero-order valence-electron chi connectivity index (χ0n) is 12.0. The molecule has 0 aliphatic heterocycles. The molecule has 0 radical (unpaired) electrons. The predicted octanol–water partition coefficient (Wildman–Crippen LogP) is 2.65. The van der Waals surface area contributed by atoms with Gasteiger partial charge in [0.2, 0.25) is 0 Å². The molecule has 1 amide bonds. The summed E-state index contributed by atoms with van der Waals surface area (Å²) >= 11 is 0. The molecule has 0 bridgehead atoms. The smallest absolute Gasteiger partial charge is 0.263 e. The van der Waals surface area contributed by atoms with Crippen molar-refractivity contribution in [1.82, 2.24) is 9.88 Å². The second-order valence-corrected chi connectivity index (χ2v) is 4.73. The fraction of sp³-hybridized carbons (Fsp3) is 0.250. The molecule has 0 saturated carbocycles. The van der Waals surface area contributed by atoms with Crippen LogP contribution in [0.3, 0.4) is 0 Å². The molecule has 5 heteroatoms. The van der Waals surface area contributed by atoms with Crippen molar-refractivity contribution in [3.8, 4) is 5.75 Å². The molecule has 4 nitrogen and oxygen atoms in total. The number of hydrogen-bond acceptors (Lipinski definition) is 3. The van der Waals surface area contributed by atoms with Crippen molar-refractivity contribution in [3.63, 3.8) is 0 Å². The Kier molecular flexibility index (Phi) is 4.87. The molecule has 110 valence electrons. The second-order valence-electron chi connectivity index (χ2n) is 4.73. The Bertz CT molecular complexity index is 604. The number of halogens is 1. The van der Waals surface area contributed by atoms with E-state index in [0.29, 0.717) is 12.3 Å². The number of likely N-dealkylation sites (N-methyl/N-ethyl adjacent to an activating group) is 1. The highest BCUT2D eigenvalue weighted by Gasteiger charge is 2.19. The molecule has 2 aromatic rings. The maximum Gasteiger partial charge on any atom is 0.263 e. The number of benzene rings is 1. The van der Waals surface area contributed by atoms with E-state index in [1.807, 2.05) is 18.2 Å². The summed E-state index contributed by atoms with van der Waals surface area (Å²) in [5.41, 5.74) is 0.798. The number of pyridine rings is 1. The summed E-state index contributed by atoms with van der Waals surface area (Å²) in [5, 5.41) is 0. The summed E-state index contributed by atoms with van der Waals surface area (Å²) < 4.78 is 18.5. The van der Waals surface area contributed by atoms with Crippen LogP contribution in [0.25, 0.3) is 0 Å². The van der Waals surface area contributed by atoms with Crippen molar-refractivity contribution in [2.75, 3.05) is 7.05 Å². The highest BCUT2D eigenvalue weighted by atomic mass is 19.1. The number of rotatable bonds is 5. The van der Waals surface area contributed by atoms with Crippen molar-refractivity contribution in [2.24, 2.45) is 0 Å². The van der Waals surface area contributed by atoms with Gasteiger partial charge < -0.3 is 9.64 Å². The summed E-state index contributed by atoms with van der Waals surface area (Å²) in [7, 11) is 1.68. The molecule has 0 aliphatic rings. The van der Waals surface area contributed by atoms with Crippen molar-refractivity contribution in [3.05, 3.63) is 60.2 Å². The standard InChI is InChI=1S/C16H17FN2O2/c1-12(21-15-8-5-6-13(17)10-15)16(20)19(2)11-14-7-3-4-9-18-14/h3-10,12H,11H2,1-2H3. The lowest BCUT2D eigenvalue weighted by Crippen LogP contribution is -2.37. The Morgan fingerprint density at radius 1 is 1.33 bits per heavy atom. The summed E-state index contributed by atoms with van der Waals surface area (Å²) in [4.78, 5) is 17.9. The van der Waals surface area contributed by atoms with Crippen LogP contribution in [0.15, 0.2) is 48.7 Å². The summed E-state index contributed by atoms with van der Waals surface area (Å²) in [6, 6.07) is 11.3. The Morgan fingerprint density at radius 3 is 2.81 bits per heavy atom. The first-order valence-corrected chi connectivity index (χ1v) is 6.63. The Balaban J connectivity index is 1.95. The van der Waals surface area contributed by atoms with Gasteiger partial charge in [0.05, 0.1) is 12.2 Å². The van der Waals surface area contributed by atoms with Gasteiger partial charge in [0.1, 0.15) is 11.6 Å². The predicted molar refractivity (Wildman–Crippen MR) is 77.2 cm³/mol. The Morgan fingerprint density at radius 2 is 2.14 bits per heavy atom. The maximum absolute atomic E-state index is 13.1. The molecule has 0 aliphatic carbocycles. The third-order valence-corrected chi connectivity index (χ3v) is 2.96. The van der Waals surface area contributed by atoms with E-state index in [1.54, 1.807) is 32.3 Å². The van der Waals surface area contributed by atoms with Crippen LogP contribution in [0.4, 0.5) is 4.39 Å². The lowest BCUT2D eigenvalue weighted by molar-refractivity contribution is -0.137. The van der Waals surface area contributed by atoms with Gasteiger partial charge in [0.25, 0.3) is 5.91 Å². The van der Waals surface area contributed by atoms with E-state index in [2.05, 4.69) is 4.98 Å². The molecule has 21 heavy (non-hydrogen) atoms. The van der Waals surface area contributed by atoms with Gasteiger partial charge in [0.15, 0.2) is 6.10 Å². The van der Waals surface area contributed by atoms with E-state index in [9.17, 15) is 9.18 Å². The molecule has 0 N–H and O–H groups in total. The topological polar surface area (TPSA) is 42.4 Å². The molecule has 1 unspecified atom stereocenters.